The molecule has 0 aromatic heterocycles. The molecule has 1 aromatic rings. The van der Waals surface area contributed by atoms with Crippen LogP contribution in [-0.2, 0) is 11.2 Å². The molecule has 0 aliphatic heterocycles. The van der Waals surface area contributed by atoms with E-state index in [9.17, 15) is 0 Å². The summed E-state index contributed by atoms with van der Waals surface area (Å²) in [6.45, 7) is 3.71. The molecule has 0 bridgehead atoms. The molecule has 0 saturated heterocycles. The van der Waals surface area contributed by atoms with Gasteiger partial charge in [-0.3, -0.25) is 0 Å². The Morgan fingerprint density at radius 1 is 1.19 bits per heavy atom. The average molecular weight is 221 g/mol. The number of rotatable bonds is 8. The van der Waals surface area contributed by atoms with Crippen LogP contribution in [0.3, 0.4) is 0 Å². The van der Waals surface area contributed by atoms with Gasteiger partial charge in [-0.2, -0.15) is 0 Å². The van der Waals surface area contributed by atoms with E-state index in [1.807, 2.05) is 14.0 Å². The van der Waals surface area contributed by atoms with Crippen LogP contribution in [0, 0.1) is 0 Å². The van der Waals surface area contributed by atoms with Crippen LogP contribution in [0.25, 0.3) is 0 Å². The van der Waals surface area contributed by atoms with Crippen LogP contribution < -0.4 is 5.32 Å². The van der Waals surface area contributed by atoms with Gasteiger partial charge in [-0.25, -0.2) is 0 Å². The fraction of sp³-hybridized carbons (Fsp3) is 0.571. The first-order valence-electron chi connectivity index (χ1n) is 6.15. The quantitative estimate of drug-likeness (QED) is 0.681. The summed E-state index contributed by atoms with van der Waals surface area (Å²) in [5, 5.41) is 3.35. The molecule has 0 amide bonds. The predicted molar refractivity (Wildman–Crippen MR) is 68.7 cm³/mol. The Morgan fingerprint density at radius 2 is 1.94 bits per heavy atom. The van der Waals surface area contributed by atoms with Crippen molar-refractivity contribution in [1.82, 2.24) is 5.32 Å². The first-order valence-corrected chi connectivity index (χ1v) is 6.15. The van der Waals surface area contributed by atoms with Gasteiger partial charge in [-0.05, 0) is 38.8 Å². The minimum Gasteiger partial charge on any atom is -0.382 e. The third-order valence-corrected chi connectivity index (χ3v) is 2.85. The molecular formula is C14H23NO. The number of benzene rings is 1. The van der Waals surface area contributed by atoms with E-state index in [0.717, 1.165) is 26.1 Å². The topological polar surface area (TPSA) is 21.3 Å². The second-order valence-corrected chi connectivity index (χ2v) is 4.00. The minimum absolute atomic E-state index is 0.562. The van der Waals surface area contributed by atoms with Crippen molar-refractivity contribution in [2.45, 2.75) is 32.2 Å². The molecule has 0 aliphatic rings. The van der Waals surface area contributed by atoms with Gasteiger partial charge in [0, 0.05) is 19.3 Å². The van der Waals surface area contributed by atoms with E-state index in [-0.39, 0.29) is 0 Å². The van der Waals surface area contributed by atoms with Crippen LogP contribution in [0.15, 0.2) is 30.3 Å². The maximum absolute atomic E-state index is 5.38. The standard InChI is InChI=1S/C14H23NO/c1-3-16-12-11-14(15-2)10-9-13-7-5-4-6-8-13/h4-8,14-15H,3,9-12H2,1-2H3. The molecule has 16 heavy (non-hydrogen) atoms. The number of nitrogens with one attached hydrogen (secondary N) is 1. The van der Waals surface area contributed by atoms with Crippen LogP contribution in [0.2, 0.25) is 0 Å². The lowest BCUT2D eigenvalue weighted by Crippen LogP contribution is -2.27. The highest BCUT2D eigenvalue weighted by Gasteiger charge is 2.05. The number of hydrogen-bond acceptors (Lipinski definition) is 2. The third kappa shape index (κ3) is 5.29. The fourth-order valence-corrected chi connectivity index (χ4v) is 1.79. The summed E-state index contributed by atoms with van der Waals surface area (Å²) >= 11 is 0. The molecule has 0 fully saturated rings. The van der Waals surface area contributed by atoms with Crippen LogP contribution in [0.5, 0.6) is 0 Å². The van der Waals surface area contributed by atoms with Crippen LogP contribution in [0.1, 0.15) is 25.3 Å². The van der Waals surface area contributed by atoms with Gasteiger partial charge in [0.25, 0.3) is 0 Å². The summed E-state index contributed by atoms with van der Waals surface area (Å²) < 4.78 is 5.38. The lowest BCUT2D eigenvalue weighted by Gasteiger charge is -2.15. The highest BCUT2D eigenvalue weighted by molar-refractivity contribution is 5.14. The highest BCUT2D eigenvalue weighted by Crippen LogP contribution is 2.07. The summed E-state index contributed by atoms with van der Waals surface area (Å²) in [4.78, 5) is 0. The predicted octanol–water partition coefficient (Wildman–Crippen LogP) is 2.63. The summed E-state index contributed by atoms with van der Waals surface area (Å²) in [5.74, 6) is 0. The van der Waals surface area contributed by atoms with Crippen molar-refractivity contribution < 1.29 is 4.74 Å². The highest BCUT2D eigenvalue weighted by atomic mass is 16.5. The van der Waals surface area contributed by atoms with Crippen molar-refractivity contribution in [3.8, 4) is 0 Å². The Kier molecular flexibility index (Phi) is 6.86. The van der Waals surface area contributed by atoms with Gasteiger partial charge < -0.3 is 10.1 Å². The molecule has 0 spiro atoms. The first-order chi connectivity index (χ1) is 7.86. The number of ether oxygens (including phenoxy) is 1. The molecule has 0 heterocycles. The van der Waals surface area contributed by atoms with E-state index in [1.54, 1.807) is 0 Å². The molecular weight excluding hydrogens is 198 g/mol. The maximum atomic E-state index is 5.38. The third-order valence-electron chi connectivity index (χ3n) is 2.85. The van der Waals surface area contributed by atoms with Gasteiger partial charge in [-0.15, -0.1) is 0 Å². The van der Waals surface area contributed by atoms with E-state index < -0.39 is 0 Å². The molecule has 1 N–H and O–H groups in total. The normalized spacial score (nSPS) is 12.6. The van der Waals surface area contributed by atoms with E-state index in [1.165, 1.54) is 12.0 Å². The van der Waals surface area contributed by atoms with Crippen LogP contribution >= 0.6 is 0 Å². The molecule has 0 saturated carbocycles. The largest absolute Gasteiger partial charge is 0.382 e. The molecule has 2 heteroatoms. The molecule has 1 atom stereocenters. The maximum Gasteiger partial charge on any atom is 0.0480 e. The van der Waals surface area contributed by atoms with Crippen molar-refractivity contribution >= 4 is 0 Å². The minimum atomic E-state index is 0.562. The smallest absolute Gasteiger partial charge is 0.0480 e. The molecule has 2 nitrogen and oxygen atoms in total. The molecule has 1 aromatic carbocycles. The lowest BCUT2D eigenvalue weighted by atomic mass is 10.0. The van der Waals surface area contributed by atoms with Crippen molar-refractivity contribution in [3.05, 3.63) is 35.9 Å². The van der Waals surface area contributed by atoms with Crippen LogP contribution in [-0.4, -0.2) is 26.3 Å². The van der Waals surface area contributed by atoms with E-state index in [4.69, 9.17) is 4.74 Å². The SMILES string of the molecule is CCOCCC(CCc1ccccc1)NC. The van der Waals surface area contributed by atoms with E-state index in [2.05, 4.69) is 35.6 Å². The number of aryl methyl sites for hydroxylation is 1. The van der Waals surface area contributed by atoms with Gasteiger partial charge in [0.2, 0.25) is 0 Å². The van der Waals surface area contributed by atoms with Gasteiger partial charge >= 0.3 is 0 Å². The zero-order valence-corrected chi connectivity index (χ0v) is 10.4. The van der Waals surface area contributed by atoms with E-state index >= 15 is 0 Å². The molecule has 0 radical (unpaired) electrons. The first kappa shape index (κ1) is 13.2. The Hall–Kier alpha value is -0.860. The zero-order valence-electron chi connectivity index (χ0n) is 10.4. The van der Waals surface area contributed by atoms with Crippen molar-refractivity contribution in [2.24, 2.45) is 0 Å². The Bertz CT molecular complexity index is 261. The molecule has 0 aliphatic carbocycles. The molecule has 1 rings (SSSR count). The van der Waals surface area contributed by atoms with Crippen LogP contribution in [0.4, 0.5) is 0 Å². The second-order valence-electron chi connectivity index (χ2n) is 4.00. The number of hydrogen-bond donors (Lipinski definition) is 1. The average Bonchev–Trinajstić information content (AvgIpc) is 2.35. The Labute approximate surface area is 99.0 Å². The van der Waals surface area contributed by atoms with Crippen molar-refractivity contribution in [3.63, 3.8) is 0 Å². The summed E-state index contributed by atoms with van der Waals surface area (Å²) in [7, 11) is 2.03. The monoisotopic (exact) mass is 221 g/mol. The van der Waals surface area contributed by atoms with E-state index in [0.29, 0.717) is 6.04 Å². The van der Waals surface area contributed by atoms with Crippen molar-refractivity contribution in [1.29, 1.82) is 0 Å². The van der Waals surface area contributed by atoms with Crippen molar-refractivity contribution in [2.75, 3.05) is 20.3 Å². The second kappa shape index (κ2) is 8.31. The molecule has 1 unspecified atom stereocenters. The summed E-state index contributed by atoms with van der Waals surface area (Å²) in [6, 6.07) is 11.2. The van der Waals surface area contributed by atoms with Gasteiger partial charge in [-0.1, -0.05) is 30.3 Å². The zero-order chi connectivity index (χ0) is 11.6. The van der Waals surface area contributed by atoms with Gasteiger partial charge in [0.05, 0.1) is 0 Å². The fourth-order valence-electron chi connectivity index (χ4n) is 1.79. The Balaban J connectivity index is 2.23. The summed E-state index contributed by atoms with van der Waals surface area (Å²) in [6.07, 6.45) is 3.41. The summed E-state index contributed by atoms with van der Waals surface area (Å²) in [5.41, 5.74) is 1.42. The lowest BCUT2D eigenvalue weighted by molar-refractivity contribution is 0.136. The van der Waals surface area contributed by atoms with Gasteiger partial charge in [0.1, 0.15) is 0 Å². The Morgan fingerprint density at radius 3 is 2.56 bits per heavy atom. The molecule has 90 valence electrons. The van der Waals surface area contributed by atoms with Gasteiger partial charge in [0.15, 0.2) is 0 Å².